The molecule has 3 aromatic carbocycles. The number of nitrogens with one attached hydrogen (secondary N) is 3. The molecule has 19 heteroatoms. The number of allylic oxidation sites excluding steroid dienone is 2. The standard InChI is InChI=1S/C32H49N5O5.C27H25F2N5O.CH2O/c1-35-30-23(9-6-11-27(30)37(32(35)41)28-14-15-29(39)34-31(28)40)8-4-2-3-5-21-42-26(17-20-38)16-18-33-22-25-13-12-24-10-7-19-36(24)25;1-4-19-22(28)11-8-16-6-5-7-20(23(16)19)25-24(29)26(32-15-35-3)21(12-31-25)27(30-2)34-13-17-9-10-18(14-34)33-17;1-2/h6,9,11,24-26,28,33,38H,2-5,7-8,10,12-22H2,1H3,(H,34,39,40);1,5-8,11-12,17-18,33H,2,9-10,13-15H2,3H3;1H2/b;27-21+,32-26+;. The molecule has 17 nitrogen and oxygen atoms in total. The molecule has 2 bridgehead atoms. The van der Waals surface area contributed by atoms with Crippen LogP contribution in [-0.4, -0.2) is 151 Å². The summed E-state index contributed by atoms with van der Waals surface area (Å²) in [4.78, 5) is 63.1. The minimum absolute atomic E-state index is 0.0279. The highest BCUT2D eigenvalue weighted by molar-refractivity contribution is 6.29. The van der Waals surface area contributed by atoms with Crippen molar-refractivity contribution in [2.24, 2.45) is 22.0 Å². The predicted octanol–water partition coefficient (Wildman–Crippen LogP) is 6.69. The molecule has 4 aromatic rings. The number of fused-ring (bicyclic) bond motifs is 5. The topological polar surface area (TPSA) is 196 Å². The minimum Gasteiger partial charge on any atom is -0.396 e. The van der Waals surface area contributed by atoms with Crippen molar-refractivity contribution in [3.63, 3.8) is 0 Å². The van der Waals surface area contributed by atoms with Gasteiger partial charge in [-0.25, -0.2) is 18.6 Å². The van der Waals surface area contributed by atoms with Crippen molar-refractivity contribution in [2.45, 2.75) is 133 Å². The molecule has 422 valence electrons. The molecule has 5 fully saturated rings. The van der Waals surface area contributed by atoms with Crippen molar-refractivity contribution in [1.82, 2.24) is 34.9 Å². The molecule has 79 heavy (non-hydrogen) atoms. The number of benzene rings is 3. The number of piperazine rings is 1. The third-order valence-electron chi connectivity index (χ3n) is 16.2. The Morgan fingerprint density at radius 2 is 1.77 bits per heavy atom. The molecule has 5 saturated heterocycles. The van der Waals surface area contributed by atoms with Gasteiger partial charge in [0.2, 0.25) is 11.8 Å². The van der Waals surface area contributed by atoms with Crippen LogP contribution in [0.25, 0.3) is 27.5 Å². The van der Waals surface area contributed by atoms with Crippen molar-refractivity contribution < 1.29 is 37.7 Å². The largest absolute Gasteiger partial charge is 0.396 e. The molecule has 6 unspecified atom stereocenters. The Kier molecular flexibility index (Phi) is 20.8. The van der Waals surface area contributed by atoms with Crippen molar-refractivity contribution in [3.8, 4) is 12.3 Å². The van der Waals surface area contributed by atoms with Gasteiger partial charge in [0.05, 0.1) is 28.3 Å². The second-order valence-corrected chi connectivity index (χ2v) is 21.1. The highest BCUT2D eigenvalue weighted by Gasteiger charge is 2.38. The van der Waals surface area contributed by atoms with Crippen LogP contribution in [0.4, 0.5) is 8.78 Å². The molecular formula is C60H76F2N10O7. The monoisotopic (exact) mass is 1090 g/mol. The second-order valence-electron chi connectivity index (χ2n) is 21.1. The molecule has 0 radical (unpaired) electrons. The van der Waals surface area contributed by atoms with Crippen LogP contribution in [0, 0.1) is 18.2 Å². The van der Waals surface area contributed by atoms with E-state index in [0.29, 0.717) is 65.3 Å². The van der Waals surface area contributed by atoms with E-state index in [-0.39, 0.29) is 54.4 Å². The highest BCUT2D eigenvalue weighted by atomic mass is 19.1. The van der Waals surface area contributed by atoms with Crippen LogP contribution in [0.2, 0.25) is 0 Å². The molecule has 2 amide bonds. The van der Waals surface area contributed by atoms with Gasteiger partial charge in [0.25, 0.3) is 0 Å². The molecule has 4 N–H and O–H groups in total. The Morgan fingerprint density at radius 1 is 0.987 bits per heavy atom. The van der Waals surface area contributed by atoms with Gasteiger partial charge in [0.1, 0.15) is 42.6 Å². The number of imide groups is 1. The van der Waals surface area contributed by atoms with Crippen LogP contribution in [0.5, 0.6) is 0 Å². The summed E-state index contributed by atoms with van der Waals surface area (Å²) in [5, 5.41) is 20.2. The second kappa shape index (κ2) is 28.1. The number of carbonyl (C=O) groups is 3. The van der Waals surface area contributed by atoms with Crippen LogP contribution >= 0.6 is 0 Å². The molecule has 7 heterocycles. The number of ether oxygens (including phenoxy) is 2. The first kappa shape index (κ1) is 58.6. The molecule has 1 aromatic heterocycles. The number of terminal acetylenes is 1. The number of imidazole rings is 1. The number of hydrogen-bond donors (Lipinski definition) is 4. The van der Waals surface area contributed by atoms with E-state index in [1.165, 1.54) is 45.4 Å². The first-order valence-corrected chi connectivity index (χ1v) is 27.9. The third kappa shape index (κ3) is 13.4. The number of carbonyl (C=O) groups excluding carboxylic acids is 3. The minimum atomic E-state index is -0.662. The lowest BCUT2D eigenvalue weighted by molar-refractivity contribution is -0.135. The Bertz CT molecular complexity index is 3060. The van der Waals surface area contributed by atoms with E-state index in [9.17, 15) is 23.9 Å². The molecule has 6 aliphatic rings. The molecular weight excluding hydrogens is 1010 g/mol. The summed E-state index contributed by atoms with van der Waals surface area (Å²) in [6, 6.07) is 15.6. The van der Waals surface area contributed by atoms with Crippen LogP contribution in [0.1, 0.15) is 113 Å². The zero-order chi connectivity index (χ0) is 56.0. The number of unbranched alkanes of at least 4 members (excludes halogenated alkanes) is 3. The maximum Gasteiger partial charge on any atom is 0.329 e. The van der Waals surface area contributed by atoms with Gasteiger partial charge in [0, 0.05) is 94.8 Å². The number of aromatic nitrogens is 2. The summed E-state index contributed by atoms with van der Waals surface area (Å²) >= 11 is 0. The smallest absolute Gasteiger partial charge is 0.329 e. The predicted molar refractivity (Wildman–Crippen MR) is 305 cm³/mol. The summed E-state index contributed by atoms with van der Waals surface area (Å²) in [6.07, 6.45) is 22.0. The van der Waals surface area contributed by atoms with E-state index in [1.807, 2.05) is 18.9 Å². The van der Waals surface area contributed by atoms with Crippen molar-refractivity contribution in [1.29, 1.82) is 0 Å². The number of amides is 2. The summed E-state index contributed by atoms with van der Waals surface area (Å²) in [6.45, 7) is 11.3. The summed E-state index contributed by atoms with van der Waals surface area (Å²) in [5.74, 6) is 1.04. The Labute approximate surface area is 461 Å². The lowest BCUT2D eigenvalue weighted by atomic mass is 9.94. The zero-order valence-corrected chi connectivity index (χ0v) is 45.7. The van der Waals surface area contributed by atoms with E-state index >= 15 is 4.39 Å². The van der Waals surface area contributed by atoms with E-state index < -0.39 is 23.6 Å². The van der Waals surface area contributed by atoms with Gasteiger partial charge in [-0.2, -0.15) is 0 Å². The van der Waals surface area contributed by atoms with Crippen LogP contribution < -0.4 is 21.6 Å². The lowest BCUT2D eigenvalue weighted by Crippen LogP contribution is -2.50. The van der Waals surface area contributed by atoms with Gasteiger partial charge < -0.3 is 34.9 Å². The fourth-order valence-electron chi connectivity index (χ4n) is 12.5. The van der Waals surface area contributed by atoms with Gasteiger partial charge in [-0.1, -0.05) is 55.2 Å². The fourth-order valence-corrected chi connectivity index (χ4v) is 12.5. The van der Waals surface area contributed by atoms with Crippen LogP contribution in [0.15, 0.2) is 85.5 Å². The number of aryl methyl sites for hydroxylation is 2. The maximum absolute atomic E-state index is 16.2. The molecule has 6 atom stereocenters. The van der Waals surface area contributed by atoms with Gasteiger partial charge in [-0.15, -0.1) is 6.42 Å². The number of para-hydroxylation sites is 1. The number of piperidine rings is 1. The first-order valence-electron chi connectivity index (χ1n) is 27.9. The number of methoxy groups -OCH3 is 1. The summed E-state index contributed by atoms with van der Waals surface area (Å²) < 4.78 is 45.1. The Balaban J connectivity index is 0.000000205. The number of rotatable bonds is 21. The highest BCUT2D eigenvalue weighted by Crippen LogP contribution is 2.37. The molecule has 0 spiro atoms. The van der Waals surface area contributed by atoms with Crippen LogP contribution in [0.3, 0.4) is 0 Å². The Morgan fingerprint density at radius 3 is 2.52 bits per heavy atom. The SMILES string of the molecule is C#Cc1c(F)ccc2cccc(C3=C(F)C(=N/COC)/C(=C(\N=C)N4CC5CCC(C4)N5)C=N3)c12.C=O.Cn1c(=O)n(C2CCC(=O)NC2=O)c2cccc(CCCCCCOC(CCO)CCNCC3CCC4CCCN43)c21. The molecule has 10 rings (SSSR count). The van der Waals surface area contributed by atoms with Gasteiger partial charge in [0.15, 0.2) is 5.83 Å². The van der Waals surface area contributed by atoms with Gasteiger partial charge >= 0.3 is 5.69 Å². The van der Waals surface area contributed by atoms with Crippen LogP contribution in [-0.2, 0) is 37.3 Å². The fraction of sp³-hybridized carbons (Fsp3) is 0.517. The number of aliphatic imine (C=N–C) groups is 3. The number of hydrogen-bond acceptors (Lipinski definition) is 14. The quantitative estimate of drug-likeness (QED) is 0.0301. The number of likely N-dealkylation sites (tertiary alicyclic amines) is 1. The van der Waals surface area contributed by atoms with Gasteiger partial charge in [-0.3, -0.25) is 38.9 Å². The summed E-state index contributed by atoms with van der Waals surface area (Å²) in [7, 11) is 3.24. The van der Waals surface area contributed by atoms with Crippen molar-refractivity contribution >= 4 is 64.8 Å². The summed E-state index contributed by atoms with van der Waals surface area (Å²) in [5.41, 5.74) is 3.47. The van der Waals surface area contributed by atoms with Gasteiger partial charge in [-0.05, 0) is 120 Å². The number of nitrogens with zero attached hydrogens (tertiary/aromatic N) is 7. The zero-order valence-electron chi connectivity index (χ0n) is 45.7. The average Bonchev–Trinajstić information content (AvgIpc) is 4.28. The van der Waals surface area contributed by atoms with E-state index in [1.54, 1.807) is 46.7 Å². The Hall–Kier alpha value is -6.53. The van der Waals surface area contributed by atoms with Crippen molar-refractivity contribution in [2.75, 3.05) is 59.8 Å². The average molecular weight is 1090 g/mol. The maximum atomic E-state index is 16.2. The first-order chi connectivity index (χ1) is 38.5. The van der Waals surface area contributed by atoms with Crippen molar-refractivity contribution in [3.05, 3.63) is 98.7 Å². The van der Waals surface area contributed by atoms with E-state index in [2.05, 4.69) is 59.4 Å². The number of halogens is 2. The normalized spacial score (nSPS) is 23.3. The van der Waals surface area contributed by atoms with E-state index in [0.717, 1.165) is 100 Å². The van der Waals surface area contributed by atoms with E-state index in [4.69, 9.17) is 20.7 Å². The molecule has 0 aliphatic carbocycles. The molecule has 0 saturated carbocycles. The lowest BCUT2D eigenvalue weighted by Gasteiger charge is -2.35. The number of aliphatic hydroxyl groups is 1. The number of aliphatic hydroxyl groups excluding tert-OH is 1. The third-order valence-corrected chi connectivity index (χ3v) is 16.2. The molecule has 6 aliphatic heterocycles.